The first kappa shape index (κ1) is 28.8. The fourth-order valence-corrected chi connectivity index (χ4v) is 3.14. The van der Waals surface area contributed by atoms with Crippen LogP contribution in [0.2, 0.25) is 0 Å². The molecule has 0 bridgehead atoms. The number of aldehydes is 1. The van der Waals surface area contributed by atoms with Crippen LogP contribution in [-0.4, -0.2) is 31.1 Å². The number of Topliss-reactive ketones (excluding diaryl/α,β-unsaturated/α-hetero) is 1. The molecule has 0 spiro atoms. The lowest BCUT2D eigenvalue weighted by Gasteiger charge is -2.19. The van der Waals surface area contributed by atoms with Crippen LogP contribution in [0.25, 0.3) is 0 Å². The van der Waals surface area contributed by atoms with Crippen molar-refractivity contribution in [2.75, 3.05) is 7.05 Å². The first-order valence-corrected chi connectivity index (χ1v) is 11.7. The number of hydrogen-bond donors (Lipinski definition) is 1. The molecule has 0 aliphatic carbocycles. The molecule has 1 aromatic rings. The molecular formula is C26H43NO4. The van der Waals surface area contributed by atoms with Gasteiger partial charge in [-0.15, -0.1) is 0 Å². The van der Waals surface area contributed by atoms with Gasteiger partial charge in [-0.05, 0) is 43.4 Å². The SMILES string of the molecule is CCCCC(CC)Oc1ccc(CC)c(C(=O)C(C)C)c1.CNC(=O)C(C)CCC=O. The largest absolute Gasteiger partial charge is 0.490 e. The Kier molecular flexibility index (Phi) is 15.4. The normalized spacial score (nSPS) is 12.4. The monoisotopic (exact) mass is 433 g/mol. The Bertz CT molecular complexity index is 669. The van der Waals surface area contributed by atoms with Crippen LogP contribution in [0.5, 0.6) is 5.75 Å². The number of ketones is 1. The number of amides is 1. The van der Waals surface area contributed by atoms with Crippen molar-refractivity contribution >= 4 is 18.0 Å². The summed E-state index contributed by atoms with van der Waals surface area (Å²) in [5.74, 6) is 1.02. The molecule has 5 nitrogen and oxygen atoms in total. The van der Waals surface area contributed by atoms with E-state index in [2.05, 4.69) is 26.1 Å². The van der Waals surface area contributed by atoms with E-state index in [0.29, 0.717) is 12.8 Å². The molecule has 0 aliphatic rings. The van der Waals surface area contributed by atoms with E-state index in [-0.39, 0.29) is 29.6 Å². The first-order chi connectivity index (χ1) is 14.7. The van der Waals surface area contributed by atoms with E-state index in [1.54, 1.807) is 7.05 Å². The summed E-state index contributed by atoms with van der Waals surface area (Å²) in [5, 5.41) is 2.52. The van der Waals surface area contributed by atoms with Crippen molar-refractivity contribution in [1.29, 1.82) is 0 Å². The third-order valence-corrected chi connectivity index (χ3v) is 5.30. The molecule has 1 aromatic carbocycles. The number of ether oxygens (including phenoxy) is 1. The Hall–Kier alpha value is -2.17. The van der Waals surface area contributed by atoms with Crippen LogP contribution < -0.4 is 10.1 Å². The van der Waals surface area contributed by atoms with Gasteiger partial charge in [0.25, 0.3) is 0 Å². The average Bonchev–Trinajstić information content (AvgIpc) is 2.79. The van der Waals surface area contributed by atoms with Crippen LogP contribution in [0.15, 0.2) is 18.2 Å². The number of carbonyl (C=O) groups is 3. The summed E-state index contributed by atoms with van der Waals surface area (Å²) in [6.07, 6.45) is 7.52. The highest BCUT2D eigenvalue weighted by molar-refractivity contribution is 5.99. The van der Waals surface area contributed by atoms with E-state index in [9.17, 15) is 14.4 Å². The molecule has 0 saturated carbocycles. The quantitative estimate of drug-likeness (QED) is 0.316. The predicted octanol–water partition coefficient (Wildman–Crippen LogP) is 5.78. The zero-order valence-corrected chi connectivity index (χ0v) is 20.6. The van der Waals surface area contributed by atoms with Gasteiger partial charge in [0, 0.05) is 30.9 Å². The summed E-state index contributed by atoms with van der Waals surface area (Å²) in [5.41, 5.74) is 1.94. The van der Waals surface area contributed by atoms with E-state index >= 15 is 0 Å². The minimum Gasteiger partial charge on any atom is -0.490 e. The lowest BCUT2D eigenvalue weighted by atomic mass is 9.95. The molecule has 0 aliphatic heterocycles. The highest BCUT2D eigenvalue weighted by atomic mass is 16.5. The summed E-state index contributed by atoms with van der Waals surface area (Å²) in [6, 6.07) is 5.98. The maximum atomic E-state index is 12.3. The summed E-state index contributed by atoms with van der Waals surface area (Å²) in [7, 11) is 1.60. The first-order valence-electron chi connectivity index (χ1n) is 11.7. The summed E-state index contributed by atoms with van der Waals surface area (Å²) in [4.78, 5) is 33.0. The van der Waals surface area contributed by atoms with Crippen molar-refractivity contribution in [2.24, 2.45) is 11.8 Å². The number of rotatable bonds is 13. The molecular weight excluding hydrogens is 390 g/mol. The van der Waals surface area contributed by atoms with Crippen molar-refractivity contribution in [3.8, 4) is 5.75 Å². The van der Waals surface area contributed by atoms with Gasteiger partial charge in [-0.3, -0.25) is 9.59 Å². The van der Waals surface area contributed by atoms with Crippen molar-refractivity contribution < 1.29 is 19.1 Å². The maximum absolute atomic E-state index is 12.3. The third kappa shape index (κ3) is 11.1. The molecule has 31 heavy (non-hydrogen) atoms. The van der Waals surface area contributed by atoms with E-state index in [1.165, 1.54) is 12.8 Å². The van der Waals surface area contributed by atoms with Gasteiger partial charge in [-0.25, -0.2) is 0 Å². The Morgan fingerprint density at radius 2 is 1.77 bits per heavy atom. The van der Waals surface area contributed by atoms with Gasteiger partial charge in [0.05, 0.1) is 6.10 Å². The number of nitrogens with one attached hydrogen (secondary N) is 1. The second-order valence-electron chi connectivity index (χ2n) is 8.24. The van der Waals surface area contributed by atoms with Gasteiger partial charge >= 0.3 is 0 Å². The van der Waals surface area contributed by atoms with E-state index in [1.807, 2.05) is 39.0 Å². The zero-order chi connectivity index (χ0) is 23.8. The van der Waals surface area contributed by atoms with Crippen LogP contribution in [0, 0.1) is 11.8 Å². The molecule has 1 amide bonds. The Labute approximate surface area is 189 Å². The Morgan fingerprint density at radius 3 is 2.26 bits per heavy atom. The third-order valence-electron chi connectivity index (χ3n) is 5.30. The lowest BCUT2D eigenvalue weighted by molar-refractivity contribution is -0.124. The number of benzene rings is 1. The molecule has 176 valence electrons. The second kappa shape index (κ2) is 16.5. The zero-order valence-electron chi connectivity index (χ0n) is 20.6. The maximum Gasteiger partial charge on any atom is 0.222 e. The molecule has 2 atom stereocenters. The lowest BCUT2D eigenvalue weighted by Crippen LogP contribution is -2.25. The second-order valence-corrected chi connectivity index (χ2v) is 8.24. The molecule has 1 rings (SSSR count). The van der Waals surface area contributed by atoms with Gasteiger partial charge in [0.1, 0.15) is 12.0 Å². The van der Waals surface area contributed by atoms with Gasteiger partial charge in [0.15, 0.2) is 5.78 Å². The molecule has 0 saturated heterocycles. The van der Waals surface area contributed by atoms with Crippen LogP contribution >= 0.6 is 0 Å². The number of aryl methyl sites for hydroxylation is 1. The Balaban J connectivity index is 0.000000759. The highest BCUT2D eigenvalue weighted by Gasteiger charge is 2.16. The molecule has 0 radical (unpaired) electrons. The number of unbranched alkanes of at least 4 members (excludes halogenated alkanes) is 1. The molecule has 5 heteroatoms. The smallest absolute Gasteiger partial charge is 0.222 e. The van der Waals surface area contributed by atoms with Crippen molar-refractivity contribution in [3.63, 3.8) is 0 Å². The van der Waals surface area contributed by atoms with Gasteiger partial charge in [0.2, 0.25) is 5.91 Å². The van der Waals surface area contributed by atoms with Crippen LogP contribution in [0.1, 0.15) is 96.0 Å². The summed E-state index contributed by atoms with van der Waals surface area (Å²) in [6.45, 7) is 12.1. The van der Waals surface area contributed by atoms with Crippen molar-refractivity contribution in [2.45, 2.75) is 92.6 Å². The molecule has 0 fully saturated rings. The highest BCUT2D eigenvalue weighted by Crippen LogP contribution is 2.24. The predicted molar refractivity (Wildman–Crippen MR) is 128 cm³/mol. The van der Waals surface area contributed by atoms with Gasteiger partial charge in [-0.1, -0.05) is 60.5 Å². The van der Waals surface area contributed by atoms with Crippen molar-refractivity contribution in [1.82, 2.24) is 5.32 Å². The van der Waals surface area contributed by atoms with E-state index < -0.39 is 0 Å². The minimum absolute atomic E-state index is 0.00171. The number of hydrogen-bond acceptors (Lipinski definition) is 4. The molecule has 0 aromatic heterocycles. The molecule has 0 heterocycles. The summed E-state index contributed by atoms with van der Waals surface area (Å²) < 4.78 is 6.08. The van der Waals surface area contributed by atoms with E-state index in [4.69, 9.17) is 4.74 Å². The topological polar surface area (TPSA) is 72.5 Å². The minimum atomic E-state index is -0.0461. The van der Waals surface area contributed by atoms with Crippen molar-refractivity contribution in [3.05, 3.63) is 29.3 Å². The molecule has 1 N–H and O–H groups in total. The standard InChI is InChI=1S/C19H30O2.C7H13NO2/c1-6-9-10-16(8-3)21-17-12-11-15(7-2)18(13-17)19(20)14(4)5;1-6(4-3-5-9)7(10)8-2/h11-14,16H,6-10H2,1-5H3;5-6H,3-4H2,1-2H3,(H,8,10). The number of carbonyl (C=O) groups excluding carboxylic acids is 3. The van der Waals surface area contributed by atoms with Gasteiger partial charge < -0.3 is 14.8 Å². The van der Waals surface area contributed by atoms with E-state index in [0.717, 1.165) is 42.4 Å². The average molecular weight is 434 g/mol. The van der Waals surface area contributed by atoms with Crippen LogP contribution in [0.3, 0.4) is 0 Å². The van der Waals surface area contributed by atoms with Crippen LogP contribution in [0.4, 0.5) is 0 Å². The fraction of sp³-hybridized carbons (Fsp3) is 0.654. The molecule has 2 unspecified atom stereocenters. The fourth-order valence-electron chi connectivity index (χ4n) is 3.14. The Morgan fingerprint density at radius 1 is 1.10 bits per heavy atom. The summed E-state index contributed by atoms with van der Waals surface area (Å²) >= 11 is 0. The van der Waals surface area contributed by atoms with Crippen LogP contribution in [-0.2, 0) is 16.0 Å². The van der Waals surface area contributed by atoms with Gasteiger partial charge in [-0.2, -0.15) is 0 Å².